The lowest BCUT2D eigenvalue weighted by molar-refractivity contribution is 0.0282. The fourth-order valence-electron chi connectivity index (χ4n) is 5.39. The molecule has 4 aromatic rings. The molecule has 0 bridgehead atoms. The van der Waals surface area contributed by atoms with Crippen LogP contribution in [0.15, 0.2) is 36.8 Å². The monoisotopic (exact) mass is 489 g/mol. The maximum absolute atomic E-state index is 12.5. The Balaban J connectivity index is 1.21. The third-order valence-electron chi connectivity index (χ3n) is 6.93. The van der Waals surface area contributed by atoms with E-state index in [1.165, 1.54) is 0 Å². The molecule has 2 saturated heterocycles. The molecule has 0 saturated carbocycles. The zero-order valence-electron chi connectivity index (χ0n) is 21.1. The average molecular weight is 490 g/mol. The van der Waals surface area contributed by atoms with E-state index in [0.717, 1.165) is 65.4 Å². The van der Waals surface area contributed by atoms with E-state index in [2.05, 4.69) is 32.3 Å². The number of aromatic nitrogens is 5. The normalized spacial score (nSPS) is 19.9. The third-order valence-corrected chi connectivity index (χ3v) is 6.93. The molecule has 2 fully saturated rings. The standard InChI is InChI=1S/C26H31N7O3/c1-5-35-19-8-20(23-21-10-28-29-24(21)30-33(23)15-19)16-6-7-22(27-9-16)31-11-17-13-32(14-18(17)12-31)25(34)36-26(2,3)4/h6-10,15,17-18H,5,11-14H2,1-4H3,(H,29,30)/t17-,18+. The third kappa shape index (κ3) is 4.00. The molecule has 2 aliphatic heterocycles. The molecular formula is C26H31N7O3. The van der Waals surface area contributed by atoms with Gasteiger partial charge in [0, 0.05) is 55.3 Å². The maximum Gasteiger partial charge on any atom is 0.410 e. The Bertz CT molecular complexity index is 1410. The van der Waals surface area contributed by atoms with Gasteiger partial charge in [0.2, 0.25) is 0 Å². The molecule has 1 amide bonds. The molecule has 0 unspecified atom stereocenters. The summed E-state index contributed by atoms with van der Waals surface area (Å²) in [6.07, 6.45) is 5.40. The quantitative estimate of drug-likeness (QED) is 0.463. The number of pyridine rings is 2. The summed E-state index contributed by atoms with van der Waals surface area (Å²) >= 11 is 0. The number of carbonyl (C=O) groups is 1. The molecule has 0 spiro atoms. The van der Waals surface area contributed by atoms with Gasteiger partial charge in [-0.3, -0.25) is 5.10 Å². The van der Waals surface area contributed by atoms with Gasteiger partial charge in [-0.05, 0) is 45.9 Å². The molecule has 10 heteroatoms. The Kier molecular flexibility index (Phi) is 5.27. The van der Waals surface area contributed by atoms with Crippen molar-refractivity contribution in [2.24, 2.45) is 11.8 Å². The molecule has 188 valence electrons. The predicted molar refractivity (Wildman–Crippen MR) is 136 cm³/mol. The maximum atomic E-state index is 12.5. The first-order valence-electron chi connectivity index (χ1n) is 12.5. The summed E-state index contributed by atoms with van der Waals surface area (Å²) in [5.74, 6) is 2.57. The molecular weight excluding hydrogens is 458 g/mol. The second kappa shape index (κ2) is 8.39. The van der Waals surface area contributed by atoms with E-state index in [-0.39, 0.29) is 6.09 Å². The van der Waals surface area contributed by atoms with Crippen LogP contribution in [0.1, 0.15) is 27.7 Å². The van der Waals surface area contributed by atoms with Crippen LogP contribution < -0.4 is 9.64 Å². The molecule has 0 aliphatic carbocycles. The van der Waals surface area contributed by atoms with Crippen LogP contribution in [-0.4, -0.2) is 74.2 Å². The smallest absolute Gasteiger partial charge is 0.410 e. The number of fused-ring (bicyclic) bond motifs is 4. The largest absolute Gasteiger partial charge is 0.492 e. The van der Waals surface area contributed by atoms with Gasteiger partial charge < -0.3 is 19.3 Å². The summed E-state index contributed by atoms with van der Waals surface area (Å²) in [5, 5.41) is 12.7. The number of likely N-dealkylation sites (tertiary alicyclic amines) is 1. The Hall–Kier alpha value is -3.82. The topological polar surface area (TPSA) is 101 Å². The summed E-state index contributed by atoms with van der Waals surface area (Å²) < 4.78 is 13.2. The number of ether oxygens (including phenoxy) is 2. The van der Waals surface area contributed by atoms with Gasteiger partial charge >= 0.3 is 6.09 Å². The van der Waals surface area contributed by atoms with E-state index in [1.807, 2.05) is 55.6 Å². The van der Waals surface area contributed by atoms with Crippen LogP contribution in [0.5, 0.6) is 5.75 Å². The molecule has 36 heavy (non-hydrogen) atoms. The number of hydrogen-bond acceptors (Lipinski definition) is 7. The van der Waals surface area contributed by atoms with Gasteiger partial charge in [0.25, 0.3) is 0 Å². The minimum Gasteiger partial charge on any atom is -0.492 e. The lowest BCUT2D eigenvalue weighted by atomic mass is 10.0. The lowest BCUT2D eigenvalue weighted by Crippen LogP contribution is -2.37. The molecule has 4 aromatic heterocycles. The molecule has 0 aromatic carbocycles. The molecule has 6 heterocycles. The van der Waals surface area contributed by atoms with Gasteiger partial charge in [0.15, 0.2) is 5.65 Å². The van der Waals surface area contributed by atoms with Gasteiger partial charge in [-0.25, -0.2) is 14.3 Å². The van der Waals surface area contributed by atoms with Crippen molar-refractivity contribution in [3.63, 3.8) is 0 Å². The number of nitrogens with zero attached hydrogens (tertiary/aromatic N) is 6. The first kappa shape index (κ1) is 22.6. The van der Waals surface area contributed by atoms with Crippen LogP contribution in [0.2, 0.25) is 0 Å². The Morgan fingerprint density at radius 1 is 1.14 bits per heavy atom. The van der Waals surface area contributed by atoms with E-state index in [9.17, 15) is 4.79 Å². The average Bonchev–Trinajstić information content (AvgIpc) is 3.57. The zero-order valence-corrected chi connectivity index (χ0v) is 21.1. The fraction of sp³-hybridized carbons (Fsp3) is 0.462. The predicted octanol–water partition coefficient (Wildman–Crippen LogP) is 3.97. The number of anilines is 1. The number of nitrogens with one attached hydrogen (secondary N) is 1. The van der Waals surface area contributed by atoms with Crippen LogP contribution in [0.25, 0.3) is 27.7 Å². The number of carbonyl (C=O) groups excluding carboxylic acids is 1. The number of H-pyrrole nitrogens is 1. The van der Waals surface area contributed by atoms with Crippen molar-refractivity contribution in [2.45, 2.75) is 33.3 Å². The summed E-state index contributed by atoms with van der Waals surface area (Å²) in [7, 11) is 0. The number of hydrogen-bond donors (Lipinski definition) is 1. The Labute approximate surface area is 209 Å². The molecule has 10 nitrogen and oxygen atoms in total. The van der Waals surface area contributed by atoms with Crippen LogP contribution in [0, 0.1) is 11.8 Å². The molecule has 1 N–H and O–H groups in total. The lowest BCUT2D eigenvalue weighted by Gasteiger charge is -2.26. The minimum atomic E-state index is -0.472. The van der Waals surface area contributed by atoms with Gasteiger partial charge in [-0.15, -0.1) is 5.10 Å². The van der Waals surface area contributed by atoms with E-state index in [0.29, 0.717) is 18.4 Å². The van der Waals surface area contributed by atoms with Gasteiger partial charge in [-0.2, -0.15) is 5.10 Å². The van der Waals surface area contributed by atoms with E-state index in [4.69, 9.17) is 14.5 Å². The van der Waals surface area contributed by atoms with Crippen LogP contribution in [0.3, 0.4) is 0 Å². The van der Waals surface area contributed by atoms with Crippen molar-refractivity contribution in [1.29, 1.82) is 0 Å². The highest BCUT2D eigenvalue weighted by atomic mass is 16.6. The van der Waals surface area contributed by atoms with E-state index in [1.54, 1.807) is 6.20 Å². The van der Waals surface area contributed by atoms with Crippen LogP contribution in [-0.2, 0) is 4.74 Å². The van der Waals surface area contributed by atoms with Crippen molar-refractivity contribution in [3.8, 4) is 16.9 Å². The van der Waals surface area contributed by atoms with E-state index >= 15 is 0 Å². The molecule has 0 radical (unpaired) electrons. The Morgan fingerprint density at radius 3 is 2.58 bits per heavy atom. The summed E-state index contributed by atoms with van der Waals surface area (Å²) in [4.78, 5) is 21.5. The zero-order chi connectivity index (χ0) is 25.0. The summed E-state index contributed by atoms with van der Waals surface area (Å²) in [6.45, 7) is 11.5. The number of rotatable bonds is 4. The Morgan fingerprint density at radius 2 is 1.92 bits per heavy atom. The highest BCUT2D eigenvalue weighted by Gasteiger charge is 2.43. The molecule has 2 atom stereocenters. The highest BCUT2D eigenvalue weighted by Crippen LogP contribution is 2.36. The van der Waals surface area contributed by atoms with E-state index < -0.39 is 5.60 Å². The second-order valence-corrected chi connectivity index (χ2v) is 10.7. The number of amides is 1. The van der Waals surface area contributed by atoms with Crippen molar-refractivity contribution >= 4 is 28.5 Å². The number of aromatic amines is 1. The first-order valence-corrected chi connectivity index (χ1v) is 12.5. The first-order chi connectivity index (χ1) is 17.3. The fourth-order valence-corrected chi connectivity index (χ4v) is 5.39. The van der Waals surface area contributed by atoms with Crippen molar-refractivity contribution < 1.29 is 14.3 Å². The van der Waals surface area contributed by atoms with Gasteiger partial charge in [-0.1, -0.05) is 0 Å². The van der Waals surface area contributed by atoms with Crippen molar-refractivity contribution in [2.75, 3.05) is 37.7 Å². The van der Waals surface area contributed by atoms with Gasteiger partial charge in [0.1, 0.15) is 17.2 Å². The van der Waals surface area contributed by atoms with Crippen molar-refractivity contribution in [3.05, 3.63) is 36.8 Å². The molecule has 6 rings (SSSR count). The van der Waals surface area contributed by atoms with Crippen LogP contribution in [0.4, 0.5) is 10.6 Å². The molecule has 2 aliphatic rings. The minimum absolute atomic E-state index is 0.210. The SMILES string of the molecule is CCOc1cc(-c2ccc(N3C[C@H]4CN(C(=O)OC(C)(C)C)C[C@H]4C3)nc2)c2c3cn[nH]c3nn2c1. The summed E-state index contributed by atoms with van der Waals surface area (Å²) in [5.41, 5.74) is 3.22. The summed E-state index contributed by atoms with van der Waals surface area (Å²) in [6, 6.07) is 6.22. The van der Waals surface area contributed by atoms with Crippen molar-refractivity contribution in [1.82, 2.24) is 29.7 Å². The second-order valence-electron chi connectivity index (χ2n) is 10.7. The van der Waals surface area contributed by atoms with Crippen LogP contribution >= 0.6 is 0 Å². The highest BCUT2D eigenvalue weighted by molar-refractivity contribution is 6.00. The van der Waals surface area contributed by atoms with Gasteiger partial charge in [0.05, 0.1) is 29.9 Å².